The molecule has 1 aromatic heterocycles. The maximum atomic E-state index is 14.2. The highest BCUT2D eigenvalue weighted by Gasteiger charge is 2.19. The summed E-state index contributed by atoms with van der Waals surface area (Å²) in [5.41, 5.74) is 2.37. The quantitative estimate of drug-likeness (QED) is 0.329. The number of rotatable bonds is 7. The summed E-state index contributed by atoms with van der Waals surface area (Å²) in [6, 6.07) is 19.2. The molecule has 0 atom stereocenters. The predicted octanol–water partition coefficient (Wildman–Crippen LogP) is 6.01. The van der Waals surface area contributed by atoms with Gasteiger partial charge in [-0.1, -0.05) is 44.2 Å². The van der Waals surface area contributed by atoms with Gasteiger partial charge in [-0.3, -0.25) is 9.52 Å². The highest BCUT2D eigenvalue weighted by molar-refractivity contribution is 7.92. The molecule has 4 rings (SSSR count). The van der Waals surface area contributed by atoms with E-state index in [0.29, 0.717) is 33.2 Å². The predicted molar refractivity (Wildman–Crippen MR) is 134 cm³/mol. The van der Waals surface area contributed by atoms with Crippen LogP contribution in [0.25, 0.3) is 21.8 Å². The Morgan fingerprint density at radius 3 is 2.26 bits per heavy atom. The number of nitrogens with one attached hydrogen (secondary N) is 2. The third-order valence-electron chi connectivity index (χ3n) is 5.01. The Bertz CT molecular complexity index is 1430. The molecule has 9 heteroatoms. The van der Waals surface area contributed by atoms with Crippen molar-refractivity contribution in [2.75, 3.05) is 10.0 Å². The summed E-state index contributed by atoms with van der Waals surface area (Å²) < 4.78 is 42.8. The zero-order chi connectivity index (χ0) is 24.3. The molecule has 4 aromatic rings. The maximum Gasteiger partial charge on any atom is 0.261 e. The number of aromatic nitrogens is 1. The fourth-order valence-corrected chi connectivity index (χ4v) is 5.09. The lowest BCUT2D eigenvalue weighted by Gasteiger charge is -2.12. The van der Waals surface area contributed by atoms with Gasteiger partial charge < -0.3 is 5.32 Å². The van der Waals surface area contributed by atoms with Gasteiger partial charge in [0.15, 0.2) is 0 Å². The molecule has 174 valence electrons. The minimum Gasteiger partial charge on any atom is -0.326 e. The summed E-state index contributed by atoms with van der Waals surface area (Å²) in [4.78, 5) is 16.4. The first kappa shape index (κ1) is 23.6. The number of hydrogen-bond acceptors (Lipinski definition) is 5. The Hall–Kier alpha value is -3.56. The van der Waals surface area contributed by atoms with Crippen LogP contribution in [0.2, 0.25) is 0 Å². The number of sulfonamides is 1. The van der Waals surface area contributed by atoms with Crippen molar-refractivity contribution in [3.8, 4) is 21.8 Å². The number of hydrogen-bond donors (Lipinski definition) is 2. The van der Waals surface area contributed by atoms with E-state index in [2.05, 4.69) is 15.0 Å². The van der Waals surface area contributed by atoms with Crippen LogP contribution in [0.1, 0.15) is 13.8 Å². The van der Waals surface area contributed by atoms with Gasteiger partial charge in [0, 0.05) is 28.1 Å². The van der Waals surface area contributed by atoms with Gasteiger partial charge in [-0.2, -0.15) is 0 Å². The number of amides is 1. The molecule has 6 nitrogen and oxygen atoms in total. The molecule has 3 aromatic carbocycles. The summed E-state index contributed by atoms with van der Waals surface area (Å²) in [7, 11) is -3.90. The lowest BCUT2D eigenvalue weighted by atomic mass is 10.1. The van der Waals surface area contributed by atoms with Crippen molar-refractivity contribution in [1.82, 2.24) is 4.98 Å². The van der Waals surface area contributed by atoms with Crippen LogP contribution in [0.3, 0.4) is 0 Å². The SMILES string of the molecule is CC(C)C(=O)Nc1ccc(S(=O)(=O)Nc2ccccc2-c2csc(-c3ccccc3F)n2)cc1. The van der Waals surface area contributed by atoms with Crippen molar-refractivity contribution < 1.29 is 17.6 Å². The van der Waals surface area contributed by atoms with Crippen LogP contribution in [0.4, 0.5) is 15.8 Å². The van der Waals surface area contributed by atoms with Gasteiger partial charge in [0.25, 0.3) is 10.0 Å². The van der Waals surface area contributed by atoms with Gasteiger partial charge >= 0.3 is 0 Å². The molecule has 0 aliphatic rings. The number of halogens is 1. The van der Waals surface area contributed by atoms with Crippen LogP contribution < -0.4 is 10.0 Å². The van der Waals surface area contributed by atoms with E-state index in [0.717, 1.165) is 0 Å². The molecule has 0 unspecified atom stereocenters. The molecule has 34 heavy (non-hydrogen) atoms. The number of nitrogens with zero attached hydrogens (tertiary/aromatic N) is 1. The Labute approximate surface area is 201 Å². The Kier molecular flexibility index (Phi) is 6.76. The fourth-order valence-electron chi connectivity index (χ4n) is 3.16. The number of carbonyl (C=O) groups is 1. The van der Waals surface area contributed by atoms with E-state index < -0.39 is 10.0 Å². The molecule has 0 radical (unpaired) electrons. The van der Waals surface area contributed by atoms with Gasteiger partial charge in [0.2, 0.25) is 5.91 Å². The lowest BCUT2D eigenvalue weighted by Crippen LogP contribution is -2.18. The molecule has 0 aliphatic heterocycles. The molecule has 1 amide bonds. The highest BCUT2D eigenvalue weighted by Crippen LogP contribution is 2.34. The number of benzene rings is 3. The maximum absolute atomic E-state index is 14.2. The summed E-state index contributed by atoms with van der Waals surface area (Å²) in [6.45, 7) is 3.55. The minimum atomic E-state index is -3.90. The molecule has 0 fully saturated rings. The standard InChI is InChI=1S/C25H22FN3O3S2/c1-16(2)24(30)27-17-11-13-18(14-12-17)34(31,32)29-22-10-6-4-8-20(22)23-15-33-25(28-23)19-7-3-5-9-21(19)26/h3-16,29H,1-2H3,(H,27,30). The van der Waals surface area contributed by atoms with Crippen molar-refractivity contribution in [3.05, 3.63) is 84.0 Å². The van der Waals surface area contributed by atoms with E-state index in [1.165, 1.54) is 29.5 Å². The summed E-state index contributed by atoms with van der Waals surface area (Å²) in [5.74, 6) is -0.711. The molecule has 2 N–H and O–H groups in total. The lowest BCUT2D eigenvalue weighted by molar-refractivity contribution is -0.118. The topological polar surface area (TPSA) is 88.2 Å². The fraction of sp³-hybridized carbons (Fsp3) is 0.120. The third kappa shape index (κ3) is 5.16. The minimum absolute atomic E-state index is 0.0511. The zero-order valence-corrected chi connectivity index (χ0v) is 20.1. The van der Waals surface area contributed by atoms with Gasteiger partial charge in [0.05, 0.1) is 16.3 Å². The van der Waals surface area contributed by atoms with Crippen molar-refractivity contribution >= 4 is 38.6 Å². The first-order chi connectivity index (χ1) is 16.2. The van der Waals surface area contributed by atoms with E-state index in [4.69, 9.17) is 0 Å². The number of anilines is 2. The second-order valence-corrected chi connectivity index (χ2v) is 10.4. The zero-order valence-electron chi connectivity index (χ0n) is 18.4. The molecular weight excluding hydrogens is 473 g/mol. The number of thiazole rings is 1. The van der Waals surface area contributed by atoms with Crippen LogP contribution in [-0.2, 0) is 14.8 Å². The summed E-state index contributed by atoms with van der Waals surface area (Å²) in [5, 5.41) is 5.00. The van der Waals surface area contributed by atoms with E-state index in [1.54, 1.807) is 73.8 Å². The number of carbonyl (C=O) groups excluding carboxylic acids is 1. The second kappa shape index (κ2) is 9.74. The molecule has 0 saturated heterocycles. The van der Waals surface area contributed by atoms with E-state index >= 15 is 0 Å². The van der Waals surface area contributed by atoms with Crippen LogP contribution in [0, 0.1) is 11.7 Å². The van der Waals surface area contributed by atoms with Crippen molar-refractivity contribution in [2.45, 2.75) is 18.7 Å². The van der Waals surface area contributed by atoms with E-state index in [-0.39, 0.29) is 22.5 Å². The largest absolute Gasteiger partial charge is 0.326 e. The normalized spacial score (nSPS) is 11.4. The van der Waals surface area contributed by atoms with Crippen LogP contribution in [-0.4, -0.2) is 19.3 Å². The van der Waals surface area contributed by atoms with Crippen molar-refractivity contribution in [1.29, 1.82) is 0 Å². The molecule has 0 saturated carbocycles. The molecular formula is C25H22FN3O3S2. The average molecular weight is 496 g/mol. The van der Waals surface area contributed by atoms with E-state index in [9.17, 15) is 17.6 Å². The van der Waals surface area contributed by atoms with Crippen molar-refractivity contribution in [3.63, 3.8) is 0 Å². The van der Waals surface area contributed by atoms with Gasteiger partial charge in [-0.05, 0) is 42.5 Å². The Morgan fingerprint density at radius 2 is 1.59 bits per heavy atom. The van der Waals surface area contributed by atoms with Crippen LogP contribution >= 0.6 is 11.3 Å². The first-order valence-electron chi connectivity index (χ1n) is 10.5. The second-order valence-electron chi connectivity index (χ2n) is 7.84. The van der Waals surface area contributed by atoms with E-state index in [1.807, 2.05) is 0 Å². The molecule has 0 bridgehead atoms. The number of para-hydroxylation sites is 1. The van der Waals surface area contributed by atoms with Gasteiger partial charge in [-0.15, -0.1) is 11.3 Å². The monoisotopic (exact) mass is 495 g/mol. The van der Waals surface area contributed by atoms with Gasteiger partial charge in [0.1, 0.15) is 10.8 Å². The molecule has 1 heterocycles. The van der Waals surface area contributed by atoms with Gasteiger partial charge in [-0.25, -0.2) is 17.8 Å². The van der Waals surface area contributed by atoms with Crippen LogP contribution in [0.15, 0.2) is 83.1 Å². The average Bonchev–Trinajstić information content (AvgIpc) is 3.29. The molecule has 0 spiro atoms. The summed E-state index contributed by atoms with van der Waals surface area (Å²) in [6.07, 6.45) is 0. The summed E-state index contributed by atoms with van der Waals surface area (Å²) >= 11 is 1.28. The molecule has 0 aliphatic carbocycles. The Morgan fingerprint density at radius 1 is 0.941 bits per heavy atom. The smallest absolute Gasteiger partial charge is 0.261 e. The van der Waals surface area contributed by atoms with Crippen molar-refractivity contribution in [2.24, 2.45) is 5.92 Å². The first-order valence-corrected chi connectivity index (χ1v) is 12.8. The Balaban J connectivity index is 1.59. The van der Waals surface area contributed by atoms with Crippen LogP contribution in [0.5, 0.6) is 0 Å². The highest BCUT2D eigenvalue weighted by atomic mass is 32.2. The third-order valence-corrected chi connectivity index (χ3v) is 7.27.